The van der Waals surface area contributed by atoms with E-state index in [9.17, 15) is 5.11 Å². The minimum Gasteiger partial charge on any atom is -0.508 e. The van der Waals surface area contributed by atoms with Gasteiger partial charge < -0.3 is 15.7 Å². The number of pyridine rings is 1. The molecular weight excluding hydrogens is 522 g/mol. The lowest BCUT2D eigenvalue weighted by molar-refractivity contribution is 0.475. The number of aromatic nitrogens is 3. The van der Waals surface area contributed by atoms with Gasteiger partial charge in [-0.3, -0.25) is 0 Å². The second-order valence-corrected chi connectivity index (χ2v) is 9.99. The van der Waals surface area contributed by atoms with E-state index in [2.05, 4.69) is 71.8 Å². The third kappa shape index (κ3) is 5.72. The maximum Gasteiger partial charge on any atom is 0.164 e. The first kappa shape index (κ1) is 23.1. The van der Waals surface area contributed by atoms with Crippen molar-refractivity contribution in [1.29, 1.82) is 0 Å². The van der Waals surface area contributed by atoms with Gasteiger partial charge in [-0.2, -0.15) is 0 Å². The number of phenols is 1. The molecule has 0 bridgehead atoms. The minimum absolute atomic E-state index is 0.246. The van der Waals surface area contributed by atoms with Crippen molar-refractivity contribution in [2.24, 2.45) is 0 Å². The van der Waals surface area contributed by atoms with Crippen molar-refractivity contribution in [3.8, 4) is 5.75 Å². The molecule has 5 rings (SSSR count). The minimum atomic E-state index is 0.246. The Morgan fingerprint density at radius 1 is 0.914 bits per heavy atom. The van der Waals surface area contributed by atoms with Crippen LogP contribution in [0.15, 0.2) is 99.5 Å². The number of rotatable bonds is 7. The van der Waals surface area contributed by atoms with Crippen molar-refractivity contribution in [3.05, 3.63) is 101 Å². The molecule has 0 radical (unpaired) electrons. The Hall–Kier alpha value is -3.62. The van der Waals surface area contributed by atoms with Gasteiger partial charge >= 0.3 is 0 Å². The van der Waals surface area contributed by atoms with E-state index in [-0.39, 0.29) is 5.75 Å². The van der Waals surface area contributed by atoms with Crippen LogP contribution >= 0.6 is 27.7 Å². The third-order valence-electron chi connectivity index (χ3n) is 5.34. The fourth-order valence-corrected chi connectivity index (χ4v) is 4.68. The van der Waals surface area contributed by atoms with E-state index in [0.717, 1.165) is 36.7 Å². The van der Waals surface area contributed by atoms with Crippen LogP contribution in [-0.4, -0.2) is 20.1 Å². The second-order valence-electron chi connectivity index (χ2n) is 7.96. The van der Waals surface area contributed by atoms with Crippen LogP contribution in [0.5, 0.6) is 5.75 Å². The summed E-state index contributed by atoms with van der Waals surface area (Å²) in [4.78, 5) is 15.4. The lowest BCUT2D eigenvalue weighted by atomic mass is 10.2. The van der Waals surface area contributed by atoms with Gasteiger partial charge in [-0.1, -0.05) is 39.8 Å². The Morgan fingerprint density at radius 2 is 1.71 bits per heavy atom. The average Bonchev–Trinajstić information content (AvgIpc) is 2.86. The number of aryl methyl sites for hydroxylation is 1. The van der Waals surface area contributed by atoms with E-state index < -0.39 is 0 Å². The van der Waals surface area contributed by atoms with Gasteiger partial charge in [0.2, 0.25) is 0 Å². The van der Waals surface area contributed by atoms with E-state index >= 15 is 0 Å². The smallest absolute Gasteiger partial charge is 0.164 e. The molecule has 0 saturated heterocycles. The number of fused-ring (bicyclic) bond motifs is 1. The Morgan fingerprint density at radius 3 is 2.51 bits per heavy atom. The summed E-state index contributed by atoms with van der Waals surface area (Å²) in [5.41, 5.74) is 4.64. The standard InChI is InChI=1S/C27H22BrN5OS/c1-17-2-12-23-26(32-17)30-16-31-27(23)33-24-14-20(29-15-18-3-5-19(28)6-4-18)7-13-25(24)35-22-10-8-21(34)9-11-22/h2-14,16,29,34H,15H2,1H3,(H,30,31,32,33). The molecule has 0 saturated carbocycles. The van der Waals surface area contributed by atoms with E-state index in [1.165, 1.54) is 11.9 Å². The summed E-state index contributed by atoms with van der Waals surface area (Å²) in [5, 5.41) is 17.5. The predicted octanol–water partition coefficient (Wildman–Crippen LogP) is 7.31. The lowest BCUT2D eigenvalue weighted by Gasteiger charge is -2.15. The number of phenolic OH excluding ortho intramolecular Hbond substituents is 1. The van der Waals surface area contributed by atoms with E-state index in [1.807, 2.05) is 43.3 Å². The van der Waals surface area contributed by atoms with Gasteiger partial charge in [0.15, 0.2) is 5.65 Å². The molecule has 3 aromatic carbocycles. The number of hydrogen-bond donors (Lipinski definition) is 3. The molecule has 2 heterocycles. The topological polar surface area (TPSA) is 83.0 Å². The predicted molar refractivity (Wildman–Crippen MR) is 145 cm³/mol. The van der Waals surface area contributed by atoms with Gasteiger partial charge in [0.1, 0.15) is 17.9 Å². The van der Waals surface area contributed by atoms with E-state index in [0.29, 0.717) is 18.0 Å². The summed E-state index contributed by atoms with van der Waals surface area (Å²) in [5.74, 6) is 0.940. The zero-order valence-electron chi connectivity index (χ0n) is 18.9. The summed E-state index contributed by atoms with van der Waals surface area (Å²) in [6, 6.07) is 25.6. The van der Waals surface area contributed by atoms with Gasteiger partial charge in [0.25, 0.3) is 0 Å². The zero-order chi connectivity index (χ0) is 24.2. The van der Waals surface area contributed by atoms with Crippen molar-refractivity contribution in [1.82, 2.24) is 15.0 Å². The van der Waals surface area contributed by atoms with Crippen LogP contribution in [0.1, 0.15) is 11.3 Å². The molecule has 8 heteroatoms. The average molecular weight is 544 g/mol. The molecule has 174 valence electrons. The molecule has 6 nitrogen and oxygen atoms in total. The summed E-state index contributed by atoms with van der Waals surface area (Å²) in [6.07, 6.45) is 1.53. The van der Waals surface area contributed by atoms with Crippen molar-refractivity contribution >= 4 is 55.9 Å². The zero-order valence-corrected chi connectivity index (χ0v) is 21.3. The number of nitrogens with zero attached hydrogens (tertiary/aromatic N) is 3. The molecule has 0 spiro atoms. The summed E-state index contributed by atoms with van der Waals surface area (Å²) < 4.78 is 1.06. The highest BCUT2D eigenvalue weighted by Crippen LogP contribution is 2.37. The van der Waals surface area contributed by atoms with E-state index in [4.69, 9.17) is 0 Å². The summed E-state index contributed by atoms with van der Waals surface area (Å²) in [6.45, 7) is 2.65. The highest BCUT2D eigenvalue weighted by atomic mass is 79.9. The maximum atomic E-state index is 9.64. The molecule has 0 amide bonds. The van der Waals surface area contributed by atoms with Gasteiger partial charge in [-0.15, -0.1) is 0 Å². The normalized spacial score (nSPS) is 10.9. The van der Waals surface area contributed by atoms with Crippen LogP contribution in [0, 0.1) is 6.92 Å². The van der Waals surface area contributed by atoms with Gasteiger partial charge in [-0.05, 0) is 79.2 Å². The molecular formula is C27H22BrN5OS. The molecule has 35 heavy (non-hydrogen) atoms. The number of nitrogens with one attached hydrogen (secondary N) is 2. The first-order valence-electron chi connectivity index (χ1n) is 11.0. The van der Waals surface area contributed by atoms with Crippen LogP contribution < -0.4 is 10.6 Å². The Balaban J connectivity index is 1.47. The lowest BCUT2D eigenvalue weighted by Crippen LogP contribution is -2.02. The molecule has 0 fully saturated rings. The SMILES string of the molecule is Cc1ccc2c(Nc3cc(NCc4ccc(Br)cc4)ccc3Sc3ccc(O)cc3)ncnc2n1. The second kappa shape index (κ2) is 10.3. The number of benzene rings is 3. The number of aromatic hydroxyl groups is 1. The Kier molecular flexibility index (Phi) is 6.83. The Labute approximate surface area is 216 Å². The first-order chi connectivity index (χ1) is 17.0. The number of anilines is 3. The summed E-state index contributed by atoms with van der Waals surface area (Å²) in [7, 11) is 0. The molecule has 0 aliphatic carbocycles. The summed E-state index contributed by atoms with van der Waals surface area (Å²) >= 11 is 5.09. The van der Waals surface area contributed by atoms with Gasteiger partial charge in [-0.25, -0.2) is 15.0 Å². The fourth-order valence-electron chi connectivity index (χ4n) is 3.54. The molecule has 0 atom stereocenters. The molecule has 3 N–H and O–H groups in total. The van der Waals surface area contributed by atoms with Crippen molar-refractivity contribution in [2.75, 3.05) is 10.6 Å². The van der Waals surface area contributed by atoms with Crippen LogP contribution in [0.2, 0.25) is 0 Å². The fraction of sp³-hybridized carbons (Fsp3) is 0.0741. The highest BCUT2D eigenvalue weighted by molar-refractivity contribution is 9.10. The van der Waals surface area contributed by atoms with Crippen molar-refractivity contribution < 1.29 is 5.11 Å². The van der Waals surface area contributed by atoms with Crippen LogP contribution in [0.4, 0.5) is 17.2 Å². The maximum absolute atomic E-state index is 9.64. The highest BCUT2D eigenvalue weighted by Gasteiger charge is 2.11. The quantitative estimate of drug-likeness (QED) is 0.198. The van der Waals surface area contributed by atoms with Gasteiger partial charge in [0, 0.05) is 32.2 Å². The number of hydrogen-bond acceptors (Lipinski definition) is 7. The third-order valence-corrected chi connectivity index (χ3v) is 6.96. The molecule has 0 unspecified atom stereocenters. The Bertz CT molecular complexity index is 1480. The van der Waals surface area contributed by atoms with E-state index in [1.54, 1.807) is 23.9 Å². The van der Waals surface area contributed by atoms with Crippen LogP contribution in [-0.2, 0) is 6.54 Å². The van der Waals surface area contributed by atoms with Crippen LogP contribution in [0.3, 0.4) is 0 Å². The monoisotopic (exact) mass is 543 g/mol. The van der Waals surface area contributed by atoms with Crippen molar-refractivity contribution in [2.45, 2.75) is 23.3 Å². The molecule has 5 aromatic rings. The molecule has 0 aliphatic rings. The van der Waals surface area contributed by atoms with Crippen LogP contribution in [0.25, 0.3) is 11.0 Å². The first-order valence-corrected chi connectivity index (χ1v) is 12.6. The van der Waals surface area contributed by atoms with Crippen molar-refractivity contribution in [3.63, 3.8) is 0 Å². The largest absolute Gasteiger partial charge is 0.508 e. The molecule has 0 aliphatic heterocycles. The number of halogens is 1. The molecule has 2 aromatic heterocycles. The van der Waals surface area contributed by atoms with Gasteiger partial charge in [0.05, 0.1) is 11.1 Å².